The van der Waals surface area contributed by atoms with Gasteiger partial charge in [0.15, 0.2) is 0 Å². The maximum absolute atomic E-state index is 15.0. The molecule has 4 rings (SSSR count). The van der Waals surface area contributed by atoms with E-state index in [0.29, 0.717) is 17.8 Å². The molecule has 0 unspecified atom stereocenters. The Labute approximate surface area is 177 Å². The Morgan fingerprint density at radius 1 is 1.14 bits per heavy atom. The molecule has 6 atom stereocenters. The molecule has 0 amide bonds. The van der Waals surface area contributed by atoms with Crippen LogP contribution in [-0.2, 0) is 6.42 Å². The lowest BCUT2D eigenvalue weighted by Crippen LogP contribution is -2.51. The molecule has 0 bridgehead atoms. The van der Waals surface area contributed by atoms with E-state index in [2.05, 4.69) is 22.9 Å². The van der Waals surface area contributed by atoms with E-state index in [1.54, 1.807) is 6.07 Å². The third kappa shape index (κ3) is 3.23. The molecule has 28 heavy (non-hydrogen) atoms. The molecule has 2 nitrogen and oxygen atoms in total. The van der Waals surface area contributed by atoms with E-state index in [1.807, 2.05) is 6.92 Å². The van der Waals surface area contributed by atoms with Gasteiger partial charge in [0, 0.05) is 11.4 Å². The largest absolute Gasteiger partial charge is 0.508 e. The van der Waals surface area contributed by atoms with Crippen molar-refractivity contribution in [3.05, 3.63) is 29.1 Å². The number of aliphatic hydroxyl groups is 1. The SMILES string of the molecule is C[C@]1(O)CC[C@H]2[C@@H]3[C@H](CCCCCBr)Cc4cc(O)cc(F)c4[C@H]3CC[C@@]21C. The summed E-state index contributed by atoms with van der Waals surface area (Å²) < 4.78 is 15.0. The number of rotatable bonds is 5. The van der Waals surface area contributed by atoms with Crippen LogP contribution in [0.4, 0.5) is 4.39 Å². The van der Waals surface area contributed by atoms with Crippen LogP contribution in [0.3, 0.4) is 0 Å². The summed E-state index contributed by atoms with van der Waals surface area (Å²) in [6.45, 7) is 4.30. The maximum Gasteiger partial charge on any atom is 0.130 e. The topological polar surface area (TPSA) is 40.5 Å². The number of hydrogen-bond donors (Lipinski definition) is 2. The molecule has 156 valence electrons. The van der Waals surface area contributed by atoms with Gasteiger partial charge in [0.25, 0.3) is 0 Å². The molecule has 0 spiro atoms. The summed E-state index contributed by atoms with van der Waals surface area (Å²) in [6.07, 6.45) is 9.47. The smallest absolute Gasteiger partial charge is 0.130 e. The van der Waals surface area contributed by atoms with E-state index in [-0.39, 0.29) is 22.9 Å². The monoisotopic (exact) mass is 452 g/mol. The summed E-state index contributed by atoms with van der Waals surface area (Å²) in [4.78, 5) is 0. The summed E-state index contributed by atoms with van der Waals surface area (Å²) in [5.74, 6) is 1.49. The number of halogens is 2. The molecular weight excluding hydrogens is 419 g/mol. The minimum absolute atomic E-state index is 0.0530. The second-order valence-corrected chi connectivity index (χ2v) is 10.9. The normalized spacial score (nSPS) is 39.3. The number of phenols is 1. The highest BCUT2D eigenvalue weighted by Crippen LogP contribution is 2.65. The molecule has 0 saturated heterocycles. The molecule has 1 aromatic carbocycles. The van der Waals surface area contributed by atoms with E-state index in [0.717, 1.165) is 48.6 Å². The molecule has 2 saturated carbocycles. The number of benzene rings is 1. The quantitative estimate of drug-likeness (QED) is 0.405. The number of hydrogen-bond acceptors (Lipinski definition) is 2. The molecule has 0 radical (unpaired) electrons. The molecule has 0 heterocycles. The van der Waals surface area contributed by atoms with Gasteiger partial charge >= 0.3 is 0 Å². The zero-order chi connectivity index (χ0) is 20.1. The first-order valence-corrected chi connectivity index (χ1v) is 12.2. The summed E-state index contributed by atoms with van der Waals surface area (Å²) in [6, 6.07) is 3.10. The highest BCUT2D eigenvalue weighted by molar-refractivity contribution is 9.09. The van der Waals surface area contributed by atoms with Crippen molar-refractivity contribution in [2.75, 3.05) is 5.33 Å². The summed E-state index contributed by atoms with van der Waals surface area (Å²) in [7, 11) is 0. The van der Waals surface area contributed by atoms with Gasteiger partial charge in [-0.15, -0.1) is 0 Å². The first-order valence-electron chi connectivity index (χ1n) is 11.1. The van der Waals surface area contributed by atoms with Crippen molar-refractivity contribution in [1.82, 2.24) is 0 Å². The van der Waals surface area contributed by atoms with Gasteiger partial charge in [0.2, 0.25) is 0 Å². The van der Waals surface area contributed by atoms with Gasteiger partial charge in [-0.1, -0.05) is 35.7 Å². The first kappa shape index (κ1) is 20.7. The Hall–Kier alpha value is -0.610. The Balaban J connectivity index is 1.70. The summed E-state index contributed by atoms with van der Waals surface area (Å²) in [5.41, 5.74) is 1.22. The van der Waals surface area contributed by atoms with Crippen molar-refractivity contribution in [2.24, 2.45) is 23.2 Å². The van der Waals surface area contributed by atoms with Gasteiger partial charge in [-0.2, -0.15) is 0 Å². The van der Waals surface area contributed by atoms with Crippen molar-refractivity contribution < 1.29 is 14.6 Å². The average molecular weight is 453 g/mol. The minimum atomic E-state index is -0.614. The van der Waals surface area contributed by atoms with Crippen molar-refractivity contribution in [3.8, 4) is 5.75 Å². The third-order valence-electron chi connectivity index (χ3n) is 8.70. The van der Waals surface area contributed by atoms with E-state index in [9.17, 15) is 14.6 Å². The zero-order valence-corrected chi connectivity index (χ0v) is 18.8. The highest BCUT2D eigenvalue weighted by atomic mass is 79.9. The van der Waals surface area contributed by atoms with E-state index in [4.69, 9.17) is 0 Å². The predicted molar refractivity (Wildman–Crippen MR) is 114 cm³/mol. The second kappa shape index (κ2) is 7.58. The first-order chi connectivity index (χ1) is 13.3. The molecule has 2 fully saturated rings. The van der Waals surface area contributed by atoms with Crippen LogP contribution in [0.5, 0.6) is 5.75 Å². The lowest BCUT2D eigenvalue weighted by atomic mass is 9.50. The van der Waals surface area contributed by atoms with Crippen molar-refractivity contribution in [2.45, 2.75) is 83.2 Å². The van der Waals surface area contributed by atoms with Gasteiger partial charge in [0.05, 0.1) is 5.60 Å². The van der Waals surface area contributed by atoms with Crippen LogP contribution in [-0.4, -0.2) is 21.1 Å². The van der Waals surface area contributed by atoms with Gasteiger partial charge in [-0.25, -0.2) is 4.39 Å². The highest BCUT2D eigenvalue weighted by Gasteiger charge is 2.61. The molecule has 2 N–H and O–H groups in total. The fraction of sp³-hybridized carbons (Fsp3) is 0.750. The van der Waals surface area contributed by atoms with Crippen LogP contribution in [0.2, 0.25) is 0 Å². The molecule has 0 aromatic heterocycles. The van der Waals surface area contributed by atoms with Crippen LogP contribution in [0.25, 0.3) is 0 Å². The number of unbranched alkanes of at least 4 members (excludes halogenated alkanes) is 2. The third-order valence-corrected chi connectivity index (χ3v) is 9.26. The van der Waals surface area contributed by atoms with Gasteiger partial charge < -0.3 is 10.2 Å². The van der Waals surface area contributed by atoms with Crippen molar-refractivity contribution in [3.63, 3.8) is 0 Å². The molecule has 3 aliphatic carbocycles. The molecule has 3 aliphatic rings. The van der Waals surface area contributed by atoms with Crippen LogP contribution in [0, 0.1) is 29.0 Å². The lowest BCUT2D eigenvalue weighted by Gasteiger charge is -2.55. The van der Waals surface area contributed by atoms with E-state index >= 15 is 0 Å². The Morgan fingerprint density at radius 2 is 1.93 bits per heavy atom. The Morgan fingerprint density at radius 3 is 2.68 bits per heavy atom. The van der Waals surface area contributed by atoms with E-state index < -0.39 is 5.60 Å². The summed E-state index contributed by atoms with van der Waals surface area (Å²) >= 11 is 3.53. The molecule has 1 aromatic rings. The standard InChI is InChI=1S/C24H34BrFO2/c1-23-9-7-18-21(19(23)8-10-24(23,2)28)15(6-4-3-5-11-25)12-16-13-17(27)14-20(26)22(16)18/h13-15,18-19,21,27-28H,3-12H2,1-2H3/t15-,18+,19+,21-,23+,24+/m1/s1. The summed E-state index contributed by atoms with van der Waals surface area (Å²) in [5, 5.41) is 22.2. The predicted octanol–water partition coefficient (Wildman–Crippen LogP) is 6.32. The Kier molecular flexibility index (Phi) is 5.59. The number of fused-ring (bicyclic) bond motifs is 5. The van der Waals surface area contributed by atoms with E-state index in [1.165, 1.54) is 31.7 Å². The average Bonchev–Trinajstić information content (AvgIpc) is 2.87. The van der Waals surface area contributed by atoms with Crippen molar-refractivity contribution in [1.29, 1.82) is 0 Å². The molecule has 0 aliphatic heterocycles. The number of alkyl halides is 1. The van der Waals surface area contributed by atoms with Crippen LogP contribution in [0.15, 0.2) is 12.1 Å². The van der Waals surface area contributed by atoms with Gasteiger partial charge in [-0.3, -0.25) is 0 Å². The fourth-order valence-electron chi connectivity index (χ4n) is 7.07. The number of phenolic OH excluding ortho intramolecular Hbond substituents is 1. The van der Waals surface area contributed by atoms with Crippen LogP contribution < -0.4 is 0 Å². The lowest BCUT2D eigenvalue weighted by molar-refractivity contribution is -0.0991. The molecular formula is C24H34BrFO2. The van der Waals surface area contributed by atoms with Crippen LogP contribution in [0.1, 0.15) is 82.3 Å². The van der Waals surface area contributed by atoms with Gasteiger partial charge in [-0.05, 0) is 98.1 Å². The minimum Gasteiger partial charge on any atom is -0.508 e. The second-order valence-electron chi connectivity index (χ2n) is 10.1. The molecule has 4 heteroatoms. The van der Waals surface area contributed by atoms with Crippen molar-refractivity contribution >= 4 is 15.9 Å². The maximum atomic E-state index is 15.0. The van der Waals surface area contributed by atoms with Gasteiger partial charge in [0.1, 0.15) is 11.6 Å². The fourth-order valence-corrected chi connectivity index (χ4v) is 7.46. The van der Waals surface area contributed by atoms with Crippen LogP contribution >= 0.6 is 15.9 Å². The zero-order valence-electron chi connectivity index (χ0n) is 17.2. The number of aromatic hydroxyl groups is 1. The Bertz CT molecular complexity index is 734.